The fraction of sp³-hybridized carbons (Fsp3) is 0.217. The van der Waals surface area contributed by atoms with Gasteiger partial charge in [0, 0.05) is 18.8 Å². The number of ether oxygens (including phenoxy) is 1. The number of hydrogen-bond acceptors (Lipinski definition) is 4. The first-order valence-electron chi connectivity index (χ1n) is 8.96. The summed E-state index contributed by atoms with van der Waals surface area (Å²) in [6, 6.07) is 17.2. The summed E-state index contributed by atoms with van der Waals surface area (Å²) in [6.07, 6.45) is 3.30. The highest BCUT2D eigenvalue weighted by atomic mass is 16.5. The maximum atomic E-state index is 12.2. The summed E-state index contributed by atoms with van der Waals surface area (Å²) in [4.78, 5) is 14.4. The van der Waals surface area contributed by atoms with Gasteiger partial charge in [-0.25, -0.2) is 4.79 Å². The average Bonchev–Trinajstić information content (AvgIpc) is 2.72. The molecule has 2 aromatic rings. The van der Waals surface area contributed by atoms with Gasteiger partial charge in [-0.05, 0) is 48.7 Å². The second-order valence-corrected chi connectivity index (χ2v) is 5.96. The summed E-state index contributed by atoms with van der Waals surface area (Å²) in [5, 5.41) is 9.30. The fourth-order valence-corrected chi connectivity index (χ4v) is 2.65. The number of nitriles is 1. The first-order valence-corrected chi connectivity index (χ1v) is 8.96. The van der Waals surface area contributed by atoms with Crippen LogP contribution in [0.4, 0.5) is 5.69 Å². The molecule has 2 rings (SSSR count). The Hall–Kier alpha value is -3.32. The van der Waals surface area contributed by atoms with Gasteiger partial charge in [0.05, 0.1) is 0 Å². The fourth-order valence-electron chi connectivity index (χ4n) is 2.65. The van der Waals surface area contributed by atoms with Crippen LogP contribution in [0.15, 0.2) is 60.7 Å². The number of anilines is 1. The van der Waals surface area contributed by atoms with Crippen molar-refractivity contribution in [3.8, 4) is 6.07 Å². The normalized spacial score (nSPS) is 10.8. The Bertz CT molecular complexity index is 839. The second-order valence-electron chi connectivity index (χ2n) is 5.96. The SMILES string of the molecule is C=Cc1ccc(COC(=O)C(C#N)=Cc2ccc(N(CC)CC)cc2)cc1. The van der Waals surface area contributed by atoms with E-state index in [-0.39, 0.29) is 12.2 Å². The van der Waals surface area contributed by atoms with E-state index in [1.54, 1.807) is 12.2 Å². The molecule has 27 heavy (non-hydrogen) atoms. The topological polar surface area (TPSA) is 53.3 Å². The molecule has 0 unspecified atom stereocenters. The highest BCUT2D eigenvalue weighted by molar-refractivity contribution is 5.97. The lowest BCUT2D eigenvalue weighted by Crippen LogP contribution is -2.21. The van der Waals surface area contributed by atoms with Crippen molar-refractivity contribution in [2.24, 2.45) is 0 Å². The van der Waals surface area contributed by atoms with Gasteiger partial charge in [-0.15, -0.1) is 0 Å². The number of esters is 1. The van der Waals surface area contributed by atoms with Gasteiger partial charge < -0.3 is 9.64 Å². The van der Waals surface area contributed by atoms with Gasteiger partial charge in [0.2, 0.25) is 0 Å². The smallest absolute Gasteiger partial charge is 0.349 e. The van der Waals surface area contributed by atoms with Gasteiger partial charge in [0.1, 0.15) is 18.2 Å². The molecule has 0 radical (unpaired) electrons. The molecule has 138 valence electrons. The van der Waals surface area contributed by atoms with Crippen LogP contribution in [0.1, 0.15) is 30.5 Å². The summed E-state index contributed by atoms with van der Waals surface area (Å²) in [5.74, 6) is -0.627. The molecular weight excluding hydrogens is 336 g/mol. The van der Waals surface area contributed by atoms with E-state index in [1.165, 1.54) is 0 Å². The third-order valence-electron chi connectivity index (χ3n) is 4.26. The third kappa shape index (κ3) is 5.58. The van der Waals surface area contributed by atoms with Crippen molar-refractivity contribution < 1.29 is 9.53 Å². The van der Waals surface area contributed by atoms with Gasteiger partial charge in [0.15, 0.2) is 0 Å². The van der Waals surface area contributed by atoms with Crippen molar-refractivity contribution >= 4 is 23.8 Å². The highest BCUT2D eigenvalue weighted by Gasteiger charge is 2.11. The van der Waals surface area contributed by atoms with E-state index >= 15 is 0 Å². The lowest BCUT2D eigenvalue weighted by molar-refractivity contribution is -0.139. The van der Waals surface area contributed by atoms with Crippen LogP contribution >= 0.6 is 0 Å². The monoisotopic (exact) mass is 360 g/mol. The number of carbonyl (C=O) groups excluding carboxylic acids is 1. The van der Waals surface area contributed by atoms with E-state index < -0.39 is 5.97 Å². The zero-order chi connectivity index (χ0) is 19.6. The van der Waals surface area contributed by atoms with E-state index in [1.807, 2.05) is 54.6 Å². The molecule has 0 aliphatic rings. The van der Waals surface area contributed by atoms with E-state index in [0.29, 0.717) is 0 Å². The molecule has 0 heterocycles. The second kappa shape index (κ2) is 9.98. The van der Waals surface area contributed by atoms with E-state index in [9.17, 15) is 10.1 Å². The quantitative estimate of drug-likeness (QED) is 0.384. The molecule has 0 amide bonds. The number of carbonyl (C=O) groups is 1. The summed E-state index contributed by atoms with van der Waals surface area (Å²) >= 11 is 0. The minimum atomic E-state index is -0.627. The molecule has 4 heteroatoms. The molecule has 0 bridgehead atoms. The van der Waals surface area contributed by atoms with Gasteiger partial charge in [0.25, 0.3) is 0 Å². The lowest BCUT2D eigenvalue weighted by Gasteiger charge is -2.20. The summed E-state index contributed by atoms with van der Waals surface area (Å²) in [6.45, 7) is 9.88. The minimum Gasteiger partial charge on any atom is -0.457 e. The van der Waals surface area contributed by atoms with E-state index in [2.05, 4.69) is 25.3 Å². The number of nitrogens with zero attached hydrogens (tertiary/aromatic N) is 2. The van der Waals surface area contributed by atoms with Crippen molar-refractivity contribution in [1.29, 1.82) is 5.26 Å². The lowest BCUT2D eigenvalue weighted by atomic mass is 10.1. The Morgan fingerprint density at radius 2 is 1.67 bits per heavy atom. The van der Waals surface area contributed by atoms with Crippen molar-refractivity contribution in [2.75, 3.05) is 18.0 Å². The molecule has 0 saturated carbocycles. The standard InChI is InChI=1S/C23H24N2O2/c1-4-18-7-9-20(10-8-18)17-27-23(26)21(16-24)15-19-11-13-22(14-12-19)25(5-2)6-3/h4,7-15H,1,5-6,17H2,2-3H3. The molecular formula is C23H24N2O2. The van der Waals surface area contributed by atoms with Crippen molar-refractivity contribution in [3.63, 3.8) is 0 Å². The van der Waals surface area contributed by atoms with Crippen LogP contribution in [0.2, 0.25) is 0 Å². The maximum Gasteiger partial charge on any atom is 0.349 e. The molecule has 0 aliphatic heterocycles. The Morgan fingerprint density at radius 3 is 2.19 bits per heavy atom. The molecule has 2 aromatic carbocycles. The summed E-state index contributed by atoms with van der Waals surface area (Å²) in [7, 11) is 0. The van der Waals surface area contributed by atoms with Crippen LogP contribution in [0, 0.1) is 11.3 Å². The molecule has 0 aromatic heterocycles. The highest BCUT2D eigenvalue weighted by Crippen LogP contribution is 2.17. The third-order valence-corrected chi connectivity index (χ3v) is 4.26. The van der Waals surface area contributed by atoms with E-state index in [4.69, 9.17) is 4.74 Å². The molecule has 0 saturated heterocycles. The maximum absolute atomic E-state index is 12.2. The van der Waals surface area contributed by atoms with Crippen LogP contribution < -0.4 is 4.90 Å². The number of hydrogen-bond donors (Lipinski definition) is 0. The number of benzene rings is 2. The Labute approximate surface area is 161 Å². The van der Waals surface area contributed by atoms with Gasteiger partial charge >= 0.3 is 5.97 Å². The zero-order valence-electron chi connectivity index (χ0n) is 15.8. The largest absolute Gasteiger partial charge is 0.457 e. The molecule has 0 N–H and O–H groups in total. The Kier molecular flexibility index (Phi) is 7.39. The first-order chi connectivity index (χ1) is 13.1. The van der Waals surface area contributed by atoms with E-state index in [0.717, 1.165) is 35.5 Å². The van der Waals surface area contributed by atoms with Crippen molar-refractivity contribution in [3.05, 3.63) is 77.4 Å². The average molecular weight is 360 g/mol. The number of rotatable bonds is 8. The molecule has 0 spiro atoms. The van der Waals surface area contributed by atoms with Crippen molar-refractivity contribution in [1.82, 2.24) is 0 Å². The predicted molar refractivity (Wildman–Crippen MR) is 110 cm³/mol. The van der Waals surface area contributed by atoms with Crippen LogP contribution in [0.25, 0.3) is 12.2 Å². The Morgan fingerprint density at radius 1 is 1.07 bits per heavy atom. The van der Waals surface area contributed by atoms with Crippen LogP contribution in [0.3, 0.4) is 0 Å². The van der Waals surface area contributed by atoms with Crippen LogP contribution in [-0.4, -0.2) is 19.1 Å². The van der Waals surface area contributed by atoms with Crippen LogP contribution in [-0.2, 0) is 16.1 Å². The Balaban J connectivity index is 2.04. The zero-order valence-corrected chi connectivity index (χ0v) is 15.8. The summed E-state index contributed by atoms with van der Waals surface area (Å²) in [5.41, 5.74) is 3.73. The summed E-state index contributed by atoms with van der Waals surface area (Å²) < 4.78 is 5.26. The minimum absolute atomic E-state index is 0.0201. The van der Waals surface area contributed by atoms with Crippen LogP contribution in [0.5, 0.6) is 0 Å². The molecule has 0 atom stereocenters. The van der Waals surface area contributed by atoms with Gasteiger partial charge in [-0.1, -0.05) is 49.1 Å². The molecule has 4 nitrogen and oxygen atoms in total. The predicted octanol–water partition coefficient (Wildman–Crippen LogP) is 4.83. The molecule has 0 aliphatic carbocycles. The van der Waals surface area contributed by atoms with Crippen molar-refractivity contribution in [2.45, 2.75) is 20.5 Å². The first kappa shape index (κ1) is 20.0. The van der Waals surface area contributed by atoms with Gasteiger partial charge in [-0.2, -0.15) is 5.26 Å². The molecule has 0 fully saturated rings. The van der Waals surface area contributed by atoms with Gasteiger partial charge in [-0.3, -0.25) is 0 Å².